The lowest BCUT2D eigenvalue weighted by molar-refractivity contribution is -0.123. The van der Waals surface area contributed by atoms with Gasteiger partial charge in [0.05, 0.1) is 24.1 Å². The van der Waals surface area contributed by atoms with E-state index in [1.807, 2.05) is 12.1 Å². The minimum atomic E-state index is -0.361. The molecular formula is C15H21N5O2. The number of unbranched alkanes of at least 4 members (excludes halogenated alkanes) is 1. The van der Waals surface area contributed by atoms with Gasteiger partial charge in [-0.3, -0.25) is 9.59 Å². The Balaban J connectivity index is 1.99. The first-order valence-corrected chi connectivity index (χ1v) is 7.37. The molecule has 2 amide bonds. The molecule has 0 saturated heterocycles. The predicted molar refractivity (Wildman–Crippen MR) is 85.4 cm³/mol. The van der Waals surface area contributed by atoms with Crippen molar-refractivity contribution in [3.8, 4) is 0 Å². The number of anilines is 1. The Bertz CT molecular complexity index is 665. The highest BCUT2D eigenvalue weighted by molar-refractivity contribution is 5.96. The number of aryl methyl sites for hydroxylation is 1. The average molecular weight is 303 g/mol. The van der Waals surface area contributed by atoms with E-state index in [1.54, 1.807) is 6.07 Å². The van der Waals surface area contributed by atoms with Crippen LogP contribution in [0, 0.1) is 0 Å². The topological polar surface area (TPSA) is 113 Å². The molecular weight excluding hydrogens is 282 g/mol. The van der Waals surface area contributed by atoms with E-state index in [0.29, 0.717) is 5.69 Å². The van der Waals surface area contributed by atoms with Crippen LogP contribution in [-0.4, -0.2) is 34.9 Å². The van der Waals surface area contributed by atoms with Gasteiger partial charge >= 0.3 is 0 Å². The lowest BCUT2D eigenvalue weighted by Gasteiger charge is -2.06. The summed E-state index contributed by atoms with van der Waals surface area (Å²) >= 11 is 0. The highest BCUT2D eigenvalue weighted by Crippen LogP contribution is 2.18. The first-order valence-electron chi connectivity index (χ1n) is 7.37. The summed E-state index contributed by atoms with van der Waals surface area (Å²) < 4.78 is 0. The molecule has 0 spiro atoms. The van der Waals surface area contributed by atoms with E-state index >= 15 is 0 Å². The Kier molecular flexibility index (Phi) is 5.48. The molecule has 0 unspecified atom stereocenters. The van der Waals surface area contributed by atoms with Gasteiger partial charge in [-0.25, -0.2) is 4.98 Å². The second-order valence-corrected chi connectivity index (χ2v) is 5.05. The number of imidazole rings is 1. The summed E-state index contributed by atoms with van der Waals surface area (Å²) in [7, 11) is 0. The summed E-state index contributed by atoms with van der Waals surface area (Å²) in [5.41, 5.74) is 7.57. The Morgan fingerprint density at radius 1 is 1.32 bits per heavy atom. The molecule has 0 saturated carbocycles. The van der Waals surface area contributed by atoms with Gasteiger partial charge < -0.3 is 21.4 Å². The molecule has 0 bridgehead atoms. The third-order valence-electron chi connectivity index (χ3n) is 3.21. The summed E-state index contributed by atoms with van der Waals surface area (Å²) in [4.78, 5) is 30.5. The van der Waals surface area contributed by atoms with Gasteiger partial charge in [0, 0.05) is 12.1 Å². The monoisotopic (exact) mass is 303 g/mol. The van der Waals surface area contributed by atoms with Gasteiger partial charge in [0.15, 0.2) is 0 Å². The summed E-state index contributed by atoms with van der Waals surface area (Å²) in [6.07, 6.45) is 3.12. The molecule has 7 nitrogen and oxygen atoms in total. The van der Waals surface area contributed by atoms with Crippen LogP contribution < -0.4 is 16.4 Å². The number of hydrogen-bond acceptors (Lipinski definition) is 4. The molecule has 0 aliphatic rings. The largest absolute Gasteiger partial charge is 0.346 e. The third kappa shape index (κ3) is 4.29. The van der Waals surface area contributed by atoms with Crippen molar-refractivity contribution in [3.63, 3.8) is 0 Å². The molecule has 0 aliphatic carbocycles. The van der Waals surface area contributed by atoms with Gasteiger partial charge in [-0.15, -0.1) is 0 Å². The van der Waals surface area contributed by atoms with Crippen molar-refractivity contribution < 1.29 is 9.59 Å². The molecule has 1 aromatic heterocycles. The van der Waals surface area contributed by atoms with Gasteiger partial charge in [-0.2, -0.15) is 0 Å². The number of rotatable bonds is 7. The molecule has 5 N–H and O–H groups in total. The van der Waals surface area contributed by atoms with Crippen LogP contribution in [0.2, 0.25) is 0 Å². The van der Waals surface area contributed by atoms with Gasteiger partial charge in [0.1, 0.15) is 5.82 Å². The normalized spacial score (nSPS) is 10.6. The van der Waals surface area contributed by atoms with Gasteiger partial charge in [-0.1, -0.05) is 13.3 Å². The zero-order valence-electron chi connectivity index (χ0n) is 12.6. The Morgan fingerprint density at radius 3 is 2.86 bits per heavy atom. The molecule has 0 atom stereocenters. The maximum Gasteiger partial charge on any atom is 0.243 e. The summed E-state index contributed by atoms with van der Waals surface area (Å²) in [6.45, 7) is 1.91. The maximum atomic E-state index is 11.7. The molecule has 118 valence electrons. The van der Waals surface area contributed by atoms with E-state index in [9.17, 15) is 9.59 Å². The number of nitrogens with one attached hydrogen (secondary N) is 3. The number of H-pyrrole nitrogens is 1. The molecule has 7 heteroatoms. The quantitative estimate of drug-likeness (QED) is 0.609. The lowest BCUT2D eigenvalue weighted by Crippen LogP contribution is -2.36. The number of amides is 2. The Hall–Kier alpha value is -2.41. The molecule has 1 heterocycles. The first-order chi connectivity index (χ1) is 10.6. The van der Waals surface area contributed by atoms with Crippen LogP contribution in [0.15, 0.2) is 18.2 Å². The number of carbonyl (C=O) groups is 2. The number of aromatic amines is 1. The van der Waals surface area contributed by atoms with Gasteiger partial charge in [-0.05, 0) is 24.6 Å². The fraction of sp³-hybridized carbons (Fsp3) is 0.400. The fourth-order valence-electron chi connectivity index (χ4n) is 2.06. The molecule has 2 aromatic rings. The highest BCUT2D eigenvalue weighted by Gasteiger charge is 2.07. The van der Waals surface area contributed by atoms with Crippen LogP contribution in [0.3, 0.4) is 0 Å². The molecule has 0 aliphatic heterocycles. The molecule has 0 radical (unpaired) electrons. The molecule has 22 heavy (non-hydrogen) atoms. The van der Waals surface area contributed by atoms with Crippen molar-refractivity contribution >= 4 is 28.5 Å². The zero-order chi connectivity index (χ0) is 15.9. The molecule has 2 rings (SSSR count). The second kappa shape index (κ2) is 7.56. The number of benzene rings is 1. The van der Waals surface area contributed by atoms with Crippen molar-refractivity contribution in [2.24, 2.45) is 5.73 Å². The SMILES string of the molecule is CCCCc1nc2ccc(NC(=O)CNC(=O)CN)cc2[nH]1. The smallest absolute Gasteiger partial charge is 0.243 e. The highest BCUT2D eigenvalue weighted by atomic mass is 16.2. The predicted octanol–water partition coefficient (Wildman–Crippen LogP) is 0.919. The van der Waals surface area contributed by atoms with Gasteiger partial charge in [0.2, 0.25) is 11.8 Å². The zero-order valence-corrected chi connectivity index (χ0v) is 12.6. The van der Waals surface area contributed by atoms with Crippen LogP contribution in [0.5, 0.6) is 0 Å². The fourth-order valence-corrected chi connectivity index (χ4v) is 2.06. The van der Waals surface area contributed by atoms with E-state index in [-0.39, 0.29) is 24.9 Å². The number of fused-ring (bicyclic) bond motifs is 1. The van der Waals surface area contributed by atoms with Crippen molar-refractivity contribution in [2.45, 2.75) is 26.2 Å². The first kappa shape index (κ1) is 16.0. The Morgan fingerprint density at radius 2 is 2.14 bits per heavy atom. The minimum Gasteiger partial charge on any atom is -0.346 e. The minimum absolute atomic E-state index is 0.0984. The van der Waals surface area contributed by atoms with E-state index in [4.69, 9.17) is 5.73 Å². The van der Waals surface area contributed by atoms with Crippen LogP contribution in [-0.2, 0) is 16.0 Å². The van der Waals surface area contributed by atoms with Crippen LogP contribution in [0.4, 0.5) is 5.69 Å². The number of nitrogens with two attached hydrogens (primary N) is 1. The summed E-state index contributed by atoms with van der Waals surface area (Å²) in [6, 6.07) is 5.48. The van der Waals surface area contributed by atoms with Crippen LogP contribution >= 0.6 is 0 Å². The molecule has 1 aromatic carbocycles. The third-order valence-corrected chi connectivity index (χ3v) is 3.21. The lowest BCUT2D eigenvalue weighted by atomic mass is 10.2. The van der Waals surface area contributed by atoms with Gasteiger partial charge in [0.25, 0.3) is 0 Å². The van der Waals surface area contributed by atoms with E-state index < -0.39 is 0 Å². The Labute approximate surface area is 128 Å². The van der Waals surface area contributed by atoms with Crippen molar-refractivity contribution in [3.05, 3.63) is 24.0 Å². The number of nitrogens with zero attached hydrogens (tertiary/aromatic N) is 1. The average Bonchev–Trinajstić information content (AvgIpc) is 2.92. The van der Waals surface area contributed by atoms with Crippen LogP contribution in [0.25, 0.3) is 11.0 Å². The maximum absolute atomic E-state index is 11.7. The van der Waals surface area contributed by atoms with Crippen molar-refractivity contribution in [2.75, 3.05) is 18.4 Å². The number of hydrogen-bond donors (Lipinski definition) is 4. The number of carbonyl (C=O) groups excluding carboxylic acids is 2. The van der Waals surface area contributed by atoms with Crippen molar-refractivity contribution in [1.82, 2.24) is 15.3 Å². The standard InChI is InChI=1S/C15H21N5O2/c1-2-3-4-13-19-11-6-5-10(7-12(11)20-13)18-15(22)9-17-14(21)8-16/h5-7H,2-4,8-9,16H2,1H3,(H,17,21)(H,18,22)(H,19,20). The van der Waals surface area contributed by atoms with Crippen molar-refractivity contribution in [1.29, 1.82) is 0 Å². The van der Waals surface area contributed by atoms with E-state index in [2.05, 4.69) is 27.5 Å². The van der Waals surface area contributed by atoms with Crippen LogP contribution in [0.1, 0.15) is 25.6 Å². The van der Waals surface area contributed by atoms with E-state index in [0.717, 1.165) is 36.1 Å². The van der Waals surface area contributed by atoms with E-state index in [1.165, 1.54) is 0 Å². The second-order valence-electron chi connectivity index (χ2n) is 5.05. The summed E-state index contributed by atoms with van der Waals surface area (Å²) in [5.74, 6) is 0.294. The summed E-state index contributed by atoms with van der Waals surface area (Å²) in [5, 5.41) is 5.14. The molecule has 0 fully saturated rings. The number of aromatic nitrogens is 2.